The zero-order chi connectivity index (χ0) is 61.2. The van der Waals surface area contributed by atoms with Crippen molar-refractivity contribution >= 4 is 19.8 Å². The first kappa shape index (κ1) is 80.7. The van der Waals surface area contributed by atoms with E-state index in [0.717, 1.165) is 89.9 Å². The zero-order valence-corrected chi connectivity index (χ0v) is 56.0. The maximum Gasteiger partial charge on any atom is 0.306 e. The van der Waals surface area contributed by atoms with Crippen molar-refractivity contribution in [1.29, 1.82) is 0 Å². The molecule has 0 radical (unpaired) electrons. The normalized spacial score (nSPS) is 13.8. The molecule has 0 aromatic rings. The summed E-state index contributed by atoms with van der Waals surface area (Å²) in [7, 11) is 1.16. The summed E-state index contributed by atoms with van der Waals surface area (Å²) in [6, 6.07) is 0. The molecule has 484 valence electrons. The van der Waals surface area contributed by atoms with E-state index in [1.165, 1.54) is 173 Å². The molecule has 0 rings (SSSR count). The van der Waals surface area contributed by atoms with Crippen molar-refractivity contribution < 1.29 is 42.1 Å². The number of ether oxygens (including phenoxy) is 2. The van der Waals surface area contributed by atoms with Crippen molar-refractivity contribution in [3.05, 3.63) is 109 Å². The van der Waals surface area contributed by atoms with Gasteiger partial charge >= 0.3 is 11.9 Å². The fraction of sp³-hybridized carbons (Fsp3) is 0.730. The van der Waals surface area contributed by atoms with Crippen molar-refractivity contribution in [2.75, 3.05) is 47.5 Å². The minimum atomic E-state index is -4.65. The molecule has 0 aliphatic heterocycles. The van der Waals surface area contributed by atoms with Gasteiger partial charge in [0.05, 0.1) is 27.7 Å². The standard InChI is InChI=1S/C74H130NO8P/c1-6-8-10-12-14-16-18-20-22-24-26-28-29-30-31-32-33-34-35-36-37-38-39-40-41-42-43-44-45-47-49-51-53-55-57-59-61-63-65-67-74(77)83-72(71-82-84(78,79)81-69-68-75(3,4)5)70-80-73(76)66-64-62-60-58-56-54-52-50-48-46-27-25-23-21-19-17-15-13-11-9-7-2/h8,10,14,16,20,22,25-28,30-31,33-34,36-37,39-40,72H,6-7,9,11-13,15,17-19,21,23-24,29,32,35,38,41-71H2,1-5H3/b10-8-,16-14-,22-20-,27-25-,28-26-,31-30-,34-33-,37-36-,40-39-. The number of esters is 2. The second kappa shape index (κ2) is 64.2. The van der Waals surface area contributed by atoms with Gasteiger partial charge in [-0.25, -0.2) is 0 Å². The summed E-state index contributed by atoms with van der Waals surface area (Å²) in [5, 5.41) is 0. The number of quaternary nitrogens is 1. The molecular weight excluding hydrogens is 1060 g/mol. The van der Waals surface area contributed by atoms with E-state index < -0.39 is 26.5 Å². The van der Waals surface area contributed by atoms with Crippen LogP contribution in [0.15, 0.2) is 109 Å². The van der Waals surface area contributed by atoms with Gasteiger partial charge in [0.1, 0.15) is 19.8 Å². The average Bonchev–Trinajstić information content (AvgIpc) is 3.61. The Bertz CT molecular complexity index is 1790. The first-order valence-corrected chi connectivity index (χ1v) is 36.1. The lowest BCUT2D eigenvalue weighted by molar-refractivity contribution is -0.870. The number of allylic oxidation sites excluding steroid dienone is 18. The Hall–Kier alpha value is -3.33. The van der Waals surface area contributed by atoms with E-state index in [-0.39, 0.29) is 32.0 Å². The molecule has 2 atom stereocenters. The SMILES string of the molecule is CC/C=C\C/C=C\C/C=C\C/C=C\C/C=C\C/C=C\C/C=C\C/C=C\CCCCCCCCCCCCCCCCC(=O)OC(COC(=O)CCCCCCCCCCC/C=C\CCCCCCCCCC)COP(=O)([O-])OCC[N+](C)(C)C. The van der Waals surface area contributed by atoms with Crippen LogP contribution in [0.25, 0.3) is 0 Å². The summed E-state index contributed by atoms with van der Waals surface area (Å²) in [5.41, 5.74) is 0. The minimum Gasteiger partial charge on any atom is -0.756 e. The van der Waals surface area contributed by atoms with Gasteiger partial charge in [0.15, 0.2) is 6.10 Å². The Kier molecular flexibility index (Phi) is 61.6. The number of phosphoric ester groups is 1. The Morgan fingerprint density at radius 2 is 0.679 bits per heavy atom. The lowest BCUT2D eigenvalue weighted by atomic mass is 10.0. The molecule has 0 aliphatic carbocycles. The van der Waals surface area contributed by atoms with Crippen molar-refractivity contribution in [3.63, 3.8) is 0 Å². The third-order valence-electron chi connectivity index (χ3n) is 14.8. The van der Waals surface area contributed by atoms with Crippen LogP contribution in [0.4, 0.5) is 0 Å². The minimum absolute atomic E-state index is 0.0339. The van der Waals surface area contributed by atoms with Crippen molar-refractivity contribution in [2.45, 2.75) is 302 Å². The van der Waals surface area contributed by atoms with Crippen LogP contribution in [0.2, 0.25) is 0 Å². The summed E-state index contributed by atoms with van der Waals surface area (Å²) in [6.45, 7) is 4.15. The lowest BCUT2D eigenvalue weighted by Crippen LogP contribution is -2.37. The zero-order valence-electron chi connectivity index (χ0n) is 55.1. The van der Waals surface area contributed by atoms with Crippen LogP contribution >= 0.6 is 7.82 Å². The molecule has 0 saturated heterocycles. The van der Waals surface area contributed by atoms with Crippen LogP contribution in [-0.2, 0) is 32.7 Å². The number of unbranched alkanes of at least 4 members (excludes halogenated alkanes) is 31. The highest BCUT2D eigenvalue weighted by Crippen LogP contribution is 2.38. The van der Waals surface area contributed by atoms with Crippen LogP contribution < -0.4 is 4.89 Å². The quantitative estimate of drug-likeness (QED) is 0.0195. The van der Waals surface area contributed by atoms with Gasteiger partial charge < -0.3 is 27.9 Å². The Morgan fingerprint density at radius 1 is 0.381 bits per heavy atom. The fourth-order valence-electron chi connectivity index (χ4n) is 9.49. The lowest BCUT2D eigenvalue weighted by Gasteiger charge is -2.28. The number of phosphoric acid groups is 1. The van der Waals surface area contributed by atoms with Crippen LogP contribution in [0.1, 0.15) is 296 Å². The predicted molar refractivity (Wildman–Crippen MR) is 360 cm³/mol. The van der Waals surface area contributed by atoms with Gasteiger partial charge in [0.25, 0.3) is 7.82 Å². The monoisotopic (exact) mass is 1190 g/mol. The molecule has 0 N–H and O–H groups in total. The first-order chi connectivity index (χ1) is 41.0. The summed E-state index contributed by atoms with van der Waals surface area (Å²) in [6.07, 6.45) is 90.2. The maximum atomic E-state index is 12.9. The van der Waals surface area contributed by atoms with Gasteiger partial charge in [-0.2, -0.15) is 0 Å². The molecule has 0 amide bonds. The third kappa shape index (κ3) is 67.8. The summed E-state index contributed by atoms with van der Waals surface area (Å²) in [5.74, 6) is -0.831. The van der Waals surface area contributed by atoms with Gasteiger partial charge in [-0.1, -0.05) is 290 Å². The molecule has 0 heterocycles. The van der Waals surface area contributed by atoms with Gasteiger partial charge in [0.2, 0.25) is 0 Å². The van der Waals surface area contributed by atoms with Crippen molar-refractivity contribution in [1.82, 2.24) is 0 Å². The smallest absolute Gasteiger partial charge is 0.306 e. The molecule has 0 saturated carbocycles. The predicted octanol–water partition coefficient (Wildman–Crippen LogP) is 21.9. The van der Waals surface area contributed by atoms with Gasteiger partial charge in [-0.05, 0) is 103 Å². The molecule has 84 heavy (non-hydrogen) atoms. The number of carbonyl (C=O) groups is 2. The number of carbonyl (C=O) groups excluding carboxylic acids is 2. The number of nitrogens with zero attached hydrogens (tertiary/aromatic N) is 1. The van der Waals surface area contributed by atoms with E-state index in [2.05, 4.69) is 123 Å². The van der Waals surface area contributed by atoms with Crippen molar-refractivity contribution in [3.8, 4) is 0 Å². The average molecular weight is 1190 g/mol. The highest BCUT2D eigenvalue weighted by molar-refractivity contribution is 7.45. The molecule has 10 heteroatoms. The molecule has 2 unspecified atom stereocenters. The molecule has 0 aromatic carbocycles. The van der Waals surface area contributed by atoms with E-state index >= 15 is 0 Å². The van der Waals surface area contributed by atoms with Crippen LogP contribution in [-0.4, -0.2) is 70.0 Å². The second-order valence-electron chi connectivity index (χ2n) is 24.2. The third-order valence-corrected chi connectivity index (χ3v) is 15.7. The van der Waals surface area contributed by atoms with Crippen molar-refractivity contribution in [2.24, 2.45) is 0 Å². The van der Waals surface area contributed by atoms with E-state index in [9.17, 15) is 19.0 Å². The number of hydrogen-bond donors (Lipinski definition) is 0. The summed E-state index contributed by atoms with van der Waals surface area (Å²) < 4.78 is 34.3. The number of rotatable bonds is 63. The molecule has 0 aromatic heterocycles. The number of likely N-dealkylation sites (N-methyl/N-ethyl adjacent to an activating group) is 1. The van der Waals surface area contributed by atoms with Crippen LogP contribution in [0, 0.1) is 0 Å². The second-order valence-corrected chi connectivity index (χ2v) is 25.6. The molecule has 0 spiro atoms. The van der Waals surface area contributed by atoms with E-state index in [1.54, 1.807) is 0 Å². The van der Waals surface area contributed by atoms with Crippen LogP contribution in [0.3, 0.4) is 0 Å². The molecular formula is C74H130NO8P. The van der Waals surface area contributed by atoms with E-state index in [0.29, 0.717) is 17.4 Å². The van der Waals surface area contributed by atoms with Gasteiger partial charge in [0, 0.05) is 12.8 Å². The summed E-state index contributed by atoms with van der Waals surface area (Å²) in [4.78, 5) is 38.0. The van der Waals surface area contributed by atoms with Gasteiger partial charge in [-0.3, -0.25) is 14.2 Å². The first-order valence-electron chi connectivity index (χ1n) is 34.6. The fourth-order valence-corrected chi connectivity index (χ4v) is 10.2. The largest absolute Gasteiger partial charge is 0.756 e. The Morgan fingerprint density at radius 3 is 1.02 bits per heavy atom. The molecule has 0 bridgehead atoms. The Labute approximate surface area is 518 Å². The van der Waals surface area contributed by atoms with Gasteiger partial charge in [-0.15, -0.1) is 0 Å². The summed E-state index contributed by atoms with van der Waals surface area (Å²) >= 11 is 0. The maximum absolute atomic E-state index is 12.9. The topological polar surface area (TPSA) is 111 Å². The molecule has 9 nitrogen and oxygen atoms in total. The number of hydrogen-bond acceptors (Lipinski definition) is 8. The van der Waals surface area contributed by atoms with Crippen LogP contribution in [0.5, 0.6) is 0 Å². The highest BCUT2D eigenvalue weighted by Gasteiger charge is 2.22. The molecule has 0 aliphatic rings. The van der Waals surface area contributed by atoms with E-state index in [4.69, 9.17) is 18.5 Å². The van der Waals surface area contributed by atoms with E-state index in [1.807, 2.05) is 21.1 Å². The highest BCUT2D eigenvalue weighted by atomic mass is 31.2. The molecule has 0 fully saturated rings. The Balaban J connectivity index is 4.04.